The fourth-order valence-corrected chi connectivity index (χ4v) is 7.98. The summed E-state index contributed by atoms with van der Waals surface area (Å²) in [5.41, 5.74) is 13.0. The molecule has 0 saturated carbocycles. The van der Waals surface area contributed by atoms with Crippen molar-refractivity contribution in [2.45, 2.75) is 12.8 Å². The van der Waals surface area contributed by atoms with E-state index in [2.05, 4.69) is 134 Å². The molecule has 60 heavy (non-hydrogen) atoms. The molecular weight excluding hydrogens is 739 g/mol. The summed E-state index contributed by atoms with van der Waals surface area (Å²) in [6.45, 7) is 0. The zero-order valence-electron chi connectivity index (χ0n) is 32.3. The van der Waals surface area contributed by atoms with Crippen molar-refractivity contribution in [1.82, 2.24) is 44.0 Å². The van der Waals surface area contributed by atoms with E-state index >= 15 is 0 Å². The number of aromatic nitrogens is 9. The predicted molar refractivity (Wildman–Crippen MR) is 238 cm³/mol. The van der Waals surface area contributed by atoms with Gasteiger partial charge in [-0.3, -0.25) is 19.1 Å². The quantitative estimate of drug-likeness (QED) is 0.152. The molecule has 0 fully saturated rings. The van der Waals surface area contributed by atoms with E-state index in [4.69, 9.17) is 24.9 Å². The number of allylic oxidation sites excluding steroid dienone is 4. The van der Waals surface area contributed by atoms with E-state index < -0.39 is 0 Å². The molecule has 9 nitrogen and oxygen atoms in total. The highest BCUT2D eigenvalue weighted by Crippen LogP contribution is 2.36. The highest BCUT2D eigenvalue weighted by atomic mass is 15.1. The zero-order chi connectivity index (χ0) is 39.8. The van der Waals surface area contributed by atoms with Crippen LogP contribution < -0.4 is 0 Å². The number of rotatable bonds is 8. The van der Waals surface area contributed by atoms with Gasteiger partial charge >= 0.3 is 0 Å². The normalized spacial score (nSPS) is 12.7. The number of hydrogen-bond donors (Lipinski definition) is 0. The van der Waals surface area contributed by atoms with Crippen LogP contribution in [0, 0.1) is 0 Å². The molecule has 1 aliphatic carbocycles. The van der Waals surface area contributed by atoms with Gasteiger partial charge < -0.3 is 0 Å². The lowest BCUT2D eigenvalue weighted by Crippen LogP contribution is -2.06. The summed E-state index contributed by atoms with van der Waals surface area (Å²) in [6.07, 6.45) is 13.1. The molecule has 0 radical (unpaired) electrons. The van der Waals surface area contributed by atoms with Crippen molar-refractivity contribution in [2.24, 2.45) is 0 Å². The molecule has 0 amide bonds. The Bertz CT molecular complexity index is 3240. The molecule has 5 aromatic carbocycles. The van der Waals surface area contributed by atoms with Crippen LogP contribution in [0.2, 0.25) is 0 Å². The molecule has 5 aromatic heterocycles. The number of hydrogen-bond acceptors (Lipinski definition) is 7. The van der Waals surface area contributed by atoms with E-state index in [1.807, 2.05) is 60.9 Å². The topological polar surface area (TPSA) is 100 Å². The van der Waals surface area contributed by atoms with E-state index in [1.165, 1.54) is 0 Å². The minimum absolute atomic E-state index is 0.599. The summed E-state index contributed by atoms with van der Waals surface area (Å²) < 4.78 is 4.35. The zero-order valence-corrected chi connectivity index (χ0v) is 32.3. The fourth-order valence-electron chi connectivity index (χ4n) is 7.98. The molecule has 5 heterocycles. The van der Waals surface area contributed by atoms with Gasteiger partial charge in [0.25, 0.3) is 0 Å². The van der Waals surface area contributed by atoms with Gasteiger partial charge in [-0.15, -0.1) is 0 Å². The second-order valence-electron chi connectivity index (χ2n) is 14.7. The third kappa shape index (κ3) is 6.44. The summed E-state index contributed by atoms with van der Waals surface area (Å²) in [4.78, 5) is 34.4. The third-order valence-corrected chi connectivity index (χ3v) is 10.9. The molecule has 0 N–H and O–H groups in total. The van der Waals surface area contributed by atoms with Gasteiger partial charge in [0.2, 0.25) is 0 Å². The van der Waals surface area contributed by atoms with Crippen LogP contribution in [0.1, 0.15) is 24.5 Å². The number of fused-ring (bicyclic) bond motifs is 2. The summed E-state index contributed by atoms with van der Waals surface area (Å²) in [5.74, 6) is 3.60. The van der Waals surface area contributed by atoms with Crippen LogP contribution in [-0.2, 0) is 0 Å². The average molecular weight is 774 g/mol. The van der Waals surface area contributed by atoms with Crippen molar-refractivity contribution >= 4 is 33.2 Å². The lowest BCUT2D eigenvalue weighted by molar-refractivity contribution is 0.958. The van der Waals surface area contributed by atoms with Crippen LogP contribution in [0.25, 0.3) is 89.9 Å². The molecule has 0 spiro atoms. The van der Waals surface area contributed by atoms with E-state index in [0.29, 0.717) is 17.5 Å². The Hall–Kier alpha value is -8.17. The van der Waals surface area contributed by atoms with Gasteiger partial charge in [0.15, 0.2) is 17.5 Å². The minimum atomic E-state index is 0.599. The van der Waals surface area contributed by atoms with Gasteiger partial charge in [0, 0.05) is 29.1 Å². The third-order valence-electron chi connectivity index (χ3n) is 10.9. The Kier molecular flexibility index (Phi) is 8.74. The SMILES string of the molecule is C1=C(c2nc(-c3ccc(-c4nc5ccccc5n4-c4cccnc4)cc3)nc(-c3cccc(-c4ccccc4)c3)n2)CCC(c2nc3ccccc3n2-c2cccnc2)=C1. The van der Waals surface area contributed by atoms with E-state index in [-0.39, 0.29) is 0 Å². The van der Waals surface area contributed by atoms with Crippen LogP contribution in [0.3, 0.4) is 0 Å². The van der Waals surface area contributed by atoms with Crippen molar-refractivity contribution in [3.05, 3.63) is 200 Å². The number of benzene rings is 5. The first-order valence-corrected chi connectivity index (χ1v) is 19.9. The molecule has 0 aliphatic heterocycles. The second-order valence-corrected chi connectivity index (χ2v) is 14.7. The Morgan fingerprint density at radius 1 is 0.367 bits per heavy atom. The molecule has 284 valence electrons. The first-order chi connectivity index (χ1) is 29.7. The largest absolute Gasteiger partial charge is 0.291 e. The minimum Gasteiger partial charge on any atom is -0.291 e. The molecule has 11 rings (SSSR count). The van der Waals surface area contributed by atoms with Gasteiger partial charge in [-0.05, 0) is 89.7 Å². The Morgan fingerprint density at radius 2 is 0.900 bits per heavy atom. The fraction of sp³-hybridized carbons (Fsp3) is 0.0392. The van der Waals surface area contributed by atoms with Gasteiger partial charge in [0.1, 0.15) is 11.6 Å². The number of para-hydroxylation sites is 4. The predicted octanol–water partition coefficient (Wildman–Crippen LogP) is 11.3. The van der Waals surface area contributed by atoms with E-state index in [1.54, 1.807) is 12.4 Å². The van der Waals surface area contributed by atoms with Crippen molar-refractivity contribution < 1.29 is 0 Å². The molecular formula is C51H35N9. The highest BCUT2D eigenvalue weighted by Gasteiger charge is 2.22. The number of imidazole rings is 2. The smallest absolute Gasteiger partial charge is 0.164 e. The number of nitrogens with zero attached hydrogens (tertiary/aromatic N) is 9. The van der Waals surface area contributed by atoms with Crippen LogP contribution >= 0.6 is 0 Å². The molecule has 0 unspecified atom stereocenters. The van der Waals surface area contributed by atoms with Crippen molar-refractivity contribution in [2.75, 3.05) is 0 Å². The van der Waals surface area contributed by atoms with Crippen molar-refractivity contribution in [1.29, 1.82) is 0 Å². The molecule has 9 heteroatoms. The summed E-state index contributed by atoms with van der Waals surface area (Å²) in [5, 5.41) is 0. The second kappa shape index (κ2) is 15.0. The first-order valence-electron chi connectivity index (χ1n) is 19.9. The molecule has 1 aliphatic rings. The van der Waals surface area contributed by atoms with E-state index in [0.717, 1.165) is 96.9 Å². The lowest BCUT2D eigenvalue weighted by Gasteiger charge is -2.17. The molecule has 0 bridgehead atoms. The average Bonchev–Trinajstić information content (AvgIpc) is 3.92. The number of pyridine rings is 2. The Balaban J connectivity index is 1.01. The summed E-state index contributed by atoms with van der Waals surface area (Å²) >= 11 is 0. The highest BCUT2D eigenvalue weighted by molar-refractivity contribution is 5.85. The maximum absolute atomic E-state index is 5.16. The van der Waals surface area contributed by atoms with Crippen LogP contribution in [-0.4, -0.2) is 44.0 Å². The van der Waals surface area contributed by atoms with Crippen molar-refractivity contribution in [3.63, 3.8) is 0 Å². The van der Waals surface area contributed by atoms with E-state index in [9.17, 15) is 0 Å². The van der Waals surface area contributed by atoms with Gasteiger partial charge in [0.05, 0.1) is 45.8 Å². The van der Waals surface area contributed by atoms with Gasteiger partial charge in [-0.25, -0.2) is 24.9 Å². The summed E-state index contributed by atoms with van der Waals surface area (Å²) in [6, 6.07) is 51.5. The molecule has 0 atom stereocenters. The van der Waals surface area contributed by atoms with Crippen LogP contribution in [0.4, 0.5) is 0 Å². The monoisotopic (exact) mass is 773 g/mol. The standard InChI is InChI=1S/C51H35N9/c1-2-11-34(12-3-1)39-13-8-14-40(31-39)49-57-47(35-21-25-37(26-22-35)50-54-43-17-4-6-19-45(43)59(50)41-15-9-29-52-32-41)56-48(58-49)36-23-27-38(28-24-36)51-55-44-18-5-7-20-46(44)60(51)42-16-10-30-53-33-42/h1-23,25-27,29-33H,24,28H2. The Morgan fingerprint density at radius 3 is 1.55 bits per heavy atom. The molecule has 0 saturated heterocycles. The van der Waals surface area contributed by atoms with Crippen LogP contribution in [0.15, 0.2) is 189 Å². The summed E-state index contributed by atoms with van der Waals surface area (Å²) in [7, 11) is 0. The first kappa shape index (κ1) is 35.0. The Labute approximate surface area is 345 Å². The maximum Gasteiger partial charge on any atom is 0.164 e. The van der Waals surface area contributed by atoms with Gasteiger partial charge in [-0.2, -0.15) is 0 Å². The van der Waals surface area contributed by atoms with Crippen molar-refractivity contribution in [3.8, 4) is 56.7 Å². The molecule has 10 aromatic rings. The van der Waals surface area contributed by atoms with Gasteiger partial charge in [-0.1, -0.05) is 109 Å². The lowest BCUT2D eigenvalue weighted by atomic mass is 9.97. The van der Waals surface area contributed by atoms with Crippen LogP contribution in [0.5, 0.6) is 0 Å². The maximum atomic E-state index is 5.16.